The van der Waals surface area contributed by atoms with Gasteiger partial charge in [-0.05, 0) is 0 Å². The zero-order chi connectivity index (χ0) is 17.7. The molecule has 0 amide bonds. The van der Waals surface area contributed by atoms with E-state index in [9.17, 15) is 0 Å². The first-order valence-electron chi connectivity index (χ1n) is 9.10. The molecule has 0 spiro atoms. The molecule has 3 N–H and O–H groups in total. The second-order valence-electron chi connectivity index (χ2n) is 6.67. The van der Waals surface area contributed by atoms with Gasteiger partial charge in [-0.15, -0.1) is 17.0 Å². The van der Waals surface area contributed by atoms with Crippen molar-refractivity contribution in [1.82, 2.24) is 6.15 Å². The van der Waals surface area contributed by atoms with Crippen molar-refractivity contribution < 1.29 is 0 Å². The van der Waals surface area contributed by atoms with Crippen LogP contribution in [-0.2, 0) is 6.16 Å². The standard InChI is InChI=1S/C25H23P.BrH.H3N/c1-5-13-22(14-6-1)21-26(23-15-7-2-8-16-23,24-17-9-3-10-18-24)25-19-11-4-12-20-25;;/h1-20,26H,21H2;1H;1H3. The van der Waals surface area contributed by atoms with Gasteiger partial charge < -0.3 is 6.15 Å². The minimum atomic E-state index is -2.16. The molecule has 0 radical (unpaired) electrons. The SMILES string of the molecule is Br.N.c1ccc(C[PH](c2ccccc2)(c2ccccc2)c2ccccc2)cc1. The zero-order valence-corrected chi connectivity index (χ0v) is 18.6. The fourth-order valence-electron chi connectivity index (χ4n) is 3.88. The monoisotopic (exact) mass is 451 g/mol. The van der Waals surface area contributed by atoms with Crippen molar-refractivity contribution in [2.45, 2.75) is 6.16 Å². The maximum absolute atomic E-state index is 2.31. The molecule has 4 rings (SSSR count). The van der Waals surface area contributed by atoms with Gasteiger partial charge in [-0.1, -0.05) is 0 Å². The van der Waals surface area contributed by atoms with Crippen LogP contribution in [0.5, 0.6) is 0 Å². The molecule has 0 unspecified atom stereocenters. The maximum atomic E-state index is 2.31. The first kappa shape index (κ1) is 22.0. The molecule has 3 heteroatoms. The zero-order valence-electron chi connectivity index (χ0n) is 15.9. The van der Waals surface area contributed by atoms with Gasteiger partial charge in [0.05, 0.1) is 0 Å². The topological polar surface area (TPSA) is 35.0 Å². The van der Waals surface area contributed by atoms with Gasteiger partial charge in [0.1, 0.15) is 0 Å². The van der Waals surface area contributed by atoms with Gasteiger partial charge in [0, 0.05) is 0 Å². The summed E-state index contributed by atoms with van der Waals surface area (Å²) in [4.78, 5) is 0. The third-order valence-corrected chi connectivity index (χ3v) is 10.0. The van der Waals surface area contributed by atoms with Crippen molar-refractivity contribution in [2.75, 3.05) is 0 Å². The Labute approximate surface area is 179 Å². The molecule has 4 aromatic rings. The second-order valence-corrected chi connectivity index (χ2v) is 10.6. The van der Waals surface area contributed by atoms with Gasteiger partial charge in [-0.3, -0.25) is 0 Å². The molecule has 4 aromatic carbocycles. The van der Waals surface area contributed by atoms with Gasteiger partial charge in [-0.25, -0.2) is 0 Å². The third-order valence-electron chi connectivity index (χ3n) is 5.11. The van der Waals surface area contributed by atoms with Gasteiger partial charge in [-0.2, -0.15) is 0 Å². The predicted molar refractivity (Wildman–Crippen MR) is 132 cm³/mol. The van der Waals surface area contributed by atoms with Crippen molar-refractivity contribution in [3.05, 3.63) is 127 Å². The van der Waals surface area contributed by atoms with Gasteiger partial charge in [0.2, 0.25) is 0 Å². The minimum absolute atomic E-state index is 0. The van der Waals surface area contributed by atoms with Crippen LogP contribution in [0, 0.1) is 0 Å². The summed E-state index contributed by atoms with van der Waals surface area (Å²) in [7, 11) is -2.16. The van der Waals surface area contributed by atoms with Crippen LogP contribution < -0.4 is 22.1 Å². The van der Waals surface area contributed by atoms with Gasteiger partial charge in [0.25, 0.3) is 0 Å². The van der Waals surface area contributed by atoms with Gasteiger partial charge >= 0.3 is 156 Å². The normalized spacial score (nSPS) is 11.0. The van der Waals surface area contributed by atoms with E-state index in [1.165, 1.54) is 21.5 Å². The van der Waals surface area contributed by atoms with Crippen molar-refractivity contribution >= 4 is 40.2 Å². The molecular weight excluding hydrogens is 425 g/mol. The third kappa shape index (κ3) is 4.42. The van der Waals surface area contributed by atoms with E-state index >= 15 is 0 Å². The fourth-order valence-corrected chi connectivity index (χ4v) is 8.62. The molecule has 0 saturated carbocycles. The molecule has 28 heavy (non-hydrogen) atoms. The van der Waals surface area contributed by atoms with Crippen molar-refractivity contribution in [1.29, 1.82) is 0 Å². The quantitative estimate of drug-likeness (QED) is 0.390. The summed E-state index contributed by atoms with van der Waals surface area (Å²) in [5.74, 6) is 0. The van der Waals surface area contributed by atoms with E-state index in [0.717, 1.165) is 6.16 Å². The van der Waals surface area contributed by atoms with Crippen molar-refractivity contribution in [3.63, 3.8) is 0 Å². The Morgan fingerprint density at radius 3 is 1.04 bits per heavy atom. The number of hydrogen-bond donors (Lipinski definition) is 1. The molecular formula is C25H27BrNP. The molecule has 0 aliphatic rings. The Balaban J connectivity index is 0.00000140. The Hall–Kier alpha value is -2.25. The van der Waals surface area contributed by atoms with Crippen LogP contribution in [0.1, 0.15) is 5.56 Å². The summed E-state index contributed by atoms with van der Waals surface area (Å²) in [6.07, 6.45) is 1.06. The van der Waals surface area contributed by atoms with Crippen LogP contribution in [-0.4, -0.2) is 0 Å². The Morgan fingerprint density at radius 1 is 0.429 bits per heavy atom. The van der Waals surface area contributed by atoms with Crippen LogP contribution in [0.3, 0.4) is 0 Å². The van der Waals surface area contributed by atoms with Crippen LogP contribution in [0.2, 0.25) is 0 Å². The Bertz CT molecular complexity index is 848. The first-order chi connectivity index (χ1) is 12.9. The number of halogens is 1. The summed E-state index contributed by atoms with van der Waals surface area (Å²) in [5, 5.41) is 4.38. The Morgan fingerprint density at radius 2 is 0.714 bits per heavy atom. The summed E-state index contributed by atoms with van der Waals surface area (Å²) < 4.78 is 0. The van der Waals surface area contributed by atoms with E-state index in [1.807, 2.05) is 0 Å². The molecule has 0 heterocycles. The van der Waals surface area contributed by atoms with Crippen molar-refractivity contribution in [3.8, 4) is 0 Å². The van der Waals surface area contributed by atoms with E-state index in [4.69, 9.17) is 0 Å². The van der Waals surface area contributed by atoms with Crippen LogP contribution >= 0.6 is 24.2 Å². The number of hydrogen-bond acceptors (Lipinski definition) is 1. The van der Waals surface area contributed by atoms with E-state index in [2.05, 4.69) is 121 Å². The number of rotatable bonds is 5. The average Bonchev–Trinajstić information content (AvgIpc) is 2.75. The summed E-state index contributed by atoms with van der Waals surface area (Å²) in [6.45, 7) is 0. The molecule has 0 aromatic heterocycles. The molecule has 0 aliphatic heterocycles. The van der Waals surface area contributed by atoms with E-state index in [0.29, 0.717) is 0 Å². The predicted octanol–water partition coefficient (Wildman–Crippen LogP) is 5.65. The van der Waals surface area contributed by atoms with Crippen LogP contribution in [0.25, 0.3) is 0 Å². The van der Waals surface area contributed by atoms with E-state index in [1.54, 1.807) is 0 Å². The first-order valence-corrected chi connectivity index (χ1v) is 11.3. The fraction of sp³-hybridized carbons (Fsp3) is 0.0400. The Kier molecular flexibility index (Phi) is 8.14. The van der Waals surface area contributed by atoms with Crippen LogP contribution in [0.4, 0.5) is 0 Å². The van der Waals surface area contributed by atoms with Gasteiger partial charge in [0.15, 0.2) is 0 Å². The second kappa shape index (κ2) is 10.3. The average molecular weight is 452 g/mol. The molecule has 144 valence electrons. The van der Waals surface area contributed by atoms with Crippen LogP contribution in [0.15, 0.2) is 121 Å². The molecule has 0 atom stereocenters. The number of benzene rings is 4. The summed E-state index contributed by atoms with van der Waals surface area (Å²) in [6, 6.07) is 44.2. The molecule has 0 fully saturated rings. The summed E-state index contributed by atoms with van der Waals surface area (Å²) >= 11 is 0. The molecule has 1 nitrogen and oxygen atoms in total. The molecule has 0 saturated heterocycles. The van der Waals surface area contributed by atoms with E-state index < -0.39 is 7.26 Å². The summed E-state index contributed by atoms with van der Waals surface area (Å²) in [5.41, 5.74) is 1.40. The molecule has 0 bridgehead atoms. The van der Waals surface area contributed by atoms with E-state index in [-0.39, 0.29) is 23.1 Å². The van der Waals surface area contributed by atoms with Crippen molar-refractivity contribution in [2.24, 2.45) is 0 Å². The molecule has 0 aliphatic carbocycles.